The number of phenolic OH excluding ortho intramolecular Hbond substituents is 1. The van der Waals surface area contributed by atoms with Gasteiger partial charge in [0.15, 0.2) is 0 Å². The van der Waals surface area contributed by atoms with E-state index in [1.807, 2.05) is 0 Å². The van der Waals surface area contributed by atoms with Crippen molar-refractivity contribution in [3.63, 3.8) is 0 Å². The maximum atomic E-state index is 10.8. The molecule has 0 spiro atoms. The van der Waals surface area contributed by atoms with Gasteiger partial charge < -0.3 is 15.3 Å². The van der Waals surface area contributed by atoms with E-state index in [1.54, 1.807) is 0 Å². The summed E-state index contributed by atoms with van der Waals surface area (Å²) in [5, 5.41) is 8.86. The second-order valence-corrected chi connectivity index (χ2v) is 2.04. The van der Waals surface area contributed by atoms with Crippen molar-refractivity contribution in [2.24, 2.45) is 0 Å². The minimum atomic E-state index is -0.398. The molecular formula is C8H12Na2O4. The Morgan fingerprint density at radius 2 is 1.64 bits per heavy atom. The molecule has 0 heterocycles. The third kappa shape index (κ3) is 6.03. The molecule has 0 aliphatic carbocycles. The number of hydrogen-bond acceptors (Lipinski definition) is 3. The van der Waals surface area contributed by atoms with Crippen LogP contribution in [0, 0.1) is 0 Å². The van der Waals surface area contributed by atoms with Gasteiger partial charge in [0.1, 0.15) is 5.75 Å². The van der Waals surface area contributed by atoms with Gasteiger partial charge in [0.25, 0.3) is 0 Å². The quantitative estimate of drug-likeness (QED) is 0.488. The molecule has 0 amide bonds. The Kier molecular flexibility index (Phi) is 14.2. The van der Waals surface area contributed by atoms with Crippen LogP contribution in [0.4, 0.5) is 0 Å². The first-order chi connectivity index (χ1) is 5.24. The number of ether oxygens (including phenoxy) is 1. The first-order valence-electron chi connectivity index (χ1n) is 3.11. The summed E-state index contributed by atoms with van der Waals surface area (Å²) in [6.45, 7) is 0. The molecule has 70 valence electrons. The molecular weight excluding hydrogens is 206 g/mol. The van der Waals surface area contributed by atoms with E-state index >= 15 is 0 Å². The summed E-state index contributed by atoms with van der Waals surface area (Å²) in [6, 6.07) is 5.88. The normalized spacial score (nSPS) is 7.21. The van der Waals surface area contributed by atoms with Crippen molar-refractivity contribution in [3.05, 3.63) is 29.8 Å². The first kappa shape index (κ1) is 19.9. The van der Waals surface area contributed by atoms with E-state index in [0.29, 0.717) is 5.56 Å². The van der Waals surface area contributed by atoms with Crippen LogP contribution in [0.1, 0.15) is 10.4 Å². The molecule has 3 N–H and O–H groups in total. The topological polar surface area (TPSA) is 78.0 Å². The summed E-state index contributed by atoms with van der Waals surface area (Å²) < 4.78 is 4.46. The van der Waals surface area contributed by atoms with Crippen LogP contribution in [0.5, 0.6) is 5.75 Å². The second kappa shape index (κ2) is 9.98. The first-order valence-corrected chi connectivity index (χ1v) is 3.11. The summed E-state index contributed by atoms with van der Waals surface area (Å²) in [5.41, 5.74) is 0.435. The molecule has 0 bridgehead atoms. The van der Waals surface area contributed by atoms with E-state index < -0.39 is 5.97 Å². The fraction of sp³-hybridized carbons (Fsp3) is 0.125. The molecule has 1 rings (SSSR count). The van der Waals surface area contributed by atoms with Gasteiger partial charge in [-0.25, -0.2) is 4.79 Å². The molecule has 0 atom stereocenters. The predicted molar refractivity (Wildman–Crippen MR) is 57.4 cm³/mol. The Bertz CT molecular complexity index is 261. The fourth-order valence-corrected chi connectivity index (χ4v) is 0.715. The zero-order valence-electron chi connectivity index (χ0n) is 6.57. The third-order valence-corrected chi connectivity index (χ3v) is 1.29. The van der Waals surface area contributed by atoms with Crippen molar-refractivity contribution in [1.29, 1.82) is 0 Å². The van der Waals surface area contributed by atoms with Crippen molar-refractivity contribution in [3.8, 4) is 5.75 Å². The van der Waals surface area contributed by atoms with Crippen molar-refractivity contribution in [1.82, 2.24) is 0 Å². The maximum absolute atomic E-state index is 10.8. The Morgan fingerprint density at radius 1 is 1.21 bits per heavy atom. The van der Waals surface area contributed by atoms with Crippen LogP contribution in [-0.2, 0) is 4.74 Å². The molecule has 0 aliphatic heterocycles. The molecule has 0 saturated heterocycles. The van der Waals surface area contributed by atoms with Crippen LogP contribution in [0.15, 0.2) is 24.3 Å². The van der Waals surface area contributed by atoms with Crippen LogP contribution in [-0.4, -0.2) is 82.8 Å². The van der Waals surface area contributed by atoms with E-state index in [9.17, 15) is 4.79 Å². The van der Waals surface area contributed by atoms with Crippen molar-refractivity contribution >= 4 is 65.1 Å². The Morgan fingerprint density at radius 3 is 2.00 bits per heavy atom. The number of rotatable bonds is 1. The van der Waals surface area contributed by atoms with Crippen LogP contribution in [0.2, 0.25) is 0 Å². The summed E-state index contributed by atoms with van der Waals surface area (Å²) in [6.07, 6.45) is 0. The molecule has 0 radical (unpaired) electrons. The predicted octanol–water partition coefficient (Wildman–Crippen LogP) is -0.943. The van der Waals surface area contributed by atoms with Gasteiger partial charge in [-0.3, -0.25) is 0 Å². The van der Waals surface area contributed by atoms with Crippen LogP contribution in [0.3, 0.4) is 0 Å². The Hall–Kier alpha value is 0.450. The van der Waals surface area contributed by atoms with E-state index in [1.165, 1.54) is 31.4 Å². The molecule has 0 fully saturated rings. The van der Waals surface area contributed by atoms with Gasteiger partial charge in [-0.2, -0.15) is 0 Å². The minimum absolute atomic E-state index is 0. The van der Waals surface area contributed by atoms with Crippen molar-refractivity contribution < 1.29 is 20.1 Å². The number of aromatic hydroxyl groups is 1. The number of methoxy groups -OCH3 is 1. The Labute approximate surface area is 127 Å². The summed E-state index contributed by atoms with van der Waals surface area (Å²) in [4.78, 5) is 10.8. The zero-order chi connectivity index (χ0) is 8.27. The number of hydrogen-bond donors (Lipinski definition) is 1. The molecule has 4 nitrogen and oxygen atoms in total. The SMILES string of the molecule is COC(=O)c1ccc(O)cc1.O.[NaH].[NaH]. The molecule has 1 aromatic rings. The molecule has 1 aromatic carbocycles. The van der Waals surface area contributed by atoms with Gasteiger partial charge in [0.2, 0.25) is 0 Å². The molecule has 6 heteroatoms. The third-order valence-electron chi connectivity index (χ3n) is 1.29. The molecule has 14 heavy (non-hydrogen) atoms. The van der Waals surface area contributed by atoms with Gasteiger partial charge in [-0.05, 0) is 24.3 Å². The zero-order valence-corrected chi connectivity index (χ0v) is 6.57. The average Bonchev–Trinajstić information content (AvgIpc) is 2.05. The van der Waals surface area contributed by atoms with Gasteiger partial charge in [0, 0.05) is 0 Å². The van der Waals surface area contributed by atoms with Crippen molar-refractivity contribution in [2.75, 3.05) is 7.11 Å². The fourth-order valence-electron chi connectivity index (χ4n) is 0.715. The van der Waals surface area contributed by atoms with E-state index in [0.717, 1.165) is 0 Å². The number of benzene rings is 1. The summed E-state index contributed by atoms with van der Waals surface area (Å²) >= 11 is 0. The Balaban J connectivity index is -0.000000403. The monoisotopic (exact) mass is 218 g/mol. The number of carbonyl (C=O) groups excluding carboxylic acids is 1. The van der Waals surface area contributed by atoms with Crippen LogP contribution in [0.25, 0.3) is 0 Å². The molecule has 0 aliphatic rings. The van der Waals surface area contributed by atoms with E-state index in [4.69, 9.17) is 5.11 Å². The molecule has 0 saturated carbocycles. The summed E-state index contributed by atoms with van der Waals surface area (Å²) in [5.74, 6) is -0.261. The number of carbonyl (C=O) groups is 1. The number of phenols is 1. The van der Waals surface area contributed by atoms with Crippen LogP contribution < -0.4 is 0 Å². The molecule has 0 aromatic heterocycles. The number of esters is 1. The van der Waals surface area contributed by atoms with Gasteiger partial charge in [-0.1, -0.05) is 0 Å². The van der Waals surface area contributed by atoms with Crippen LogP contribution >= 0.6 is 0 Å². The summed E-state index contributed by atoms with van der Waals surface area (Å²) in [7, 11) is 1.31. The van der Waals surface area contributed by atoms with Gasteiger partial charge >= 0.3 is 65.1 Å². The molecule has 0 unspecified atom stereocenters. The van der Waals surface area contributed by atoms with E-state index in [2.05, 4.69) is 4.74 Å². The standard InChI is InChI=1S/C8H8O3.2Na.H2O.2H/c1-11-8(10)6-2-4-7(9)5-3-6;;;;;/h2-5,9H,1H3;;;1H2;;. The van der Waals surface area contributed by atoms with Crippen molar-refractivity contribution in [2.45, 2.75) is 0 Å². The second-order valence-electron chi connectivity index (χ2n) is 2.04. The van der Waals surface area contributed by atoms with Gasteiger partial charge in [0.05, 0.1) is 12.7 Å². The average molecular weight is 218 g/mol. The van der Waals surface area contributed by atoms with Gasteiger partial charge in [-0.15, -0.1) is 0 Å². The van der Waals surface area contributed by atoms with E-state index in [-0.39, 0.29) is 70.3 Å².